The second-order valence-corrected chi connectivity index (χ2v) is 9.07. The number of halogens is 2. The van der Waals surface area contributed by atoms with E-state index in [0.29, 0.717) is 11.5 Å². The summed E-state index contributed by atoms with van der Waals surface area (Å²) < 4.78 is 13.1. The topological polar surface area (TPSA) is 60.4 Å². The van der Waals surface area contributed by atoms with E-state index in [4.69, 9.17) is 8.83 Å². The van der Waals surface area contributed by atoms with Crippen LogP contribution in [0.1, 0.15) is 43.8 Å². The van der Waals surface area contributed by atoms with E-state index >= 15 is 0 Å². The molecule has 2 aromatic heterocycles. The number of benzene rings is 2. The minimum Gasteiger partial charge on any atom is -0.453 e. The molecule has 4 aromatic rings. The predicted octanol–water partition coefficient (Wildman–Crippen LogP) is 8.36. The van der Waals surface area contributed by atoms with Crippen molar-refractivity contribution in [2.75, 3.05) is 0 Å². The molecule has 0 aliphatic heterocycles. The van der Waals surface area contributed by atoms with Crippen molar-refractivity contribution < 1.29 is 18.4 Å². The van der Waals surface area contributed by atoms with Crippen LogP contribution in [0.2, 0.25) is 0 Å². The Hall–Kier alpha value is -3.48. The van der Waals surface area contributed by atoms with Gasteiger partial charge in [-0.05, 0) is 84.0 Å². The SMILES string of the molecule is O=C(/C=C/C(=O)c1ccc(/C=C/c2ccc(Br)cc2)o1)c1ccc(/C=C/c2ccc(Br)cc2)o1. The van der Waals surface area contributed by atoms with E-state index in [1.165, 1.54) is 12.2 Å². The largest absolute Gasteiger partial charge is 0.453 e. The van der Waals surface area contributed by atoms with E-state index in [0.717, 1.165) is 20.1 Å². The Morgan fingerprint density at radius 3 is 1.29 bits per heavy atom. The minimum atomic E-state index is -0.404. The maximum absolute atomic E-state index is 12.4. The summed E-state index contributed by atoms with van der Waals surface area (Å²) in [4.78, 5) is 24.8. The van der Waals surface area contributed by atoms with Crippen LogP contribution in [0.3, 0.4) is 0 Å². The molecular weight excluding hydrogens is 560 g/mol. The predicted molar refractivity (Wildman–Crippen MR) is 141 cm³/mol. The number of allylic oxidation sites excluding steroid dienone is 2. The number of carbonyl (C=O) groups is 2. The van der Waals surface area contributed by atoms with Crippen molar-refractivity contribution in [1.29, 1.82) is 0 Å². The van der Waals surface area contributed by atoms with E-state index in [1.54, 1.807) is 36.4 Å². The lowest BCUT2D eigenvalue weighted by molar-refractivity contribution is 0.0992. The van der Waals surface area contributed by atoms with Gasteiger partial charge >= 0.3 is 0 Å². The van der Waals surface area contributed by atoms with Crippen LogP contribution in [0.4, 0.5) is 0 Å². The number of rotatable bonds is 8. The van der Waals surface area contributed by atoms with Crippen LogP contribution in [-0.4, -0.2) is 11.6 Å². The van der Waals surface area contributed by atoms with Crippen molar-refractivity contribution in [3.05, 3.63) is 128 Å². The first-order valence-electron chi connectivity index (χ1n) is 10.3. The van der Waals surface area contributed by atoms with Gasteiger partial charge in [0.05, 0.1) is 0 Å². The molecule has 2 heterocycles. The molecule has 168 valence electrons. The molecule has 4 rings (SSSR count). The smallest absolute Gasteiger partial charge is 0.221 e. The maximum Gasteiger partial charge on any atom is 0.221 e. The molecule has 0 aliphatic carbocycles. The van der Waals surface area contributed by atoms with Gasteiger partial charge in [0.1, 0.15) is 11.5 Å². The zero-order chi connectivity index (χ0) is 23.9. The zero-order valence-electron chi connectivity index (χ0n) is 17.8. The van der Waals surface area contributed by atoms with Crippen LogP contribution in [-0.2, 0) is 0 Å². The van der Waals surface area contributed by atoms with E-state index < -0.39 is 11.6 Å². The molecule has 4 nitrogen and oxygen atoms in total. The van der Waals surface area contributed by atoms with E-state index in [2.05, 4.69) is 31.9 Å². The first-order valence-corrected chi connectivity index (χ1v) is 11.9. The summed E-state index contributed by atoms with van der Waals surface area (Å²) in [5, 5.41) is 0. The number of carbonyl (C=O) groups excluding carboxylic acids is 2. The second kappa shape index (κ2) is 11.1. The molecule has 0 spiro atoms. The van der Waals surface area contributed by atoms with Crippen LogP contribution in [0.5, 0.6) is 0 Å². The Labute approximate surface area is 213 Å². The van der Waals surface area contributed by atoms with Crippen molar-refractivity contribution in [2.45, 2.75) is 0 Å². The quantitative estimate of drug-likeness (QED) is 0.156. The zero-order valence-corrected chi connectivity index (χ0v) is 21.0. The lowest BCUT2D eigenvalue weighted by atomic mass is 10.2. The number of hydrogen-bond donors (Lipinski definition) is 0. The Kier molecular flexibility index (Phi) is 7.72. The van der Waals surface area contributed by atoms with Crippen LogP contribution in [0.25, 0.3) is 24.3 Å². The fourth-order valence-corrected chi connectivity index (χ4v) is 3.50. The molecule has 0 aliphatic rings. The maximum atomic E-state index is 12.4. The molecule has 0 saturated heterocycles. The molecule has 0 unspecified atom stereocenters. The Balaban J connectivity index is 1.35. The van der Waals surface area contributed by atoms with E-state index in [-0.39, 0.29) is 11.5 Å². The number of furan rings is 2. The summed E-state index contributed by atoms with van der Waals surface area (Å²) in [5.41, 5.74) is 2.00. The Morgan fingerprint density at radius 1 is 0.529 bits per heavy atom. The van der Waals surface area contributed by atoms with Crippen molar-refractivity contribution in [1.82, 2.24) is 0 Å². The fraction of sp³-hybridized carbons (Fsp3) is 0. The third kappa shape index (κ3) is 6.53. The van der Waals surface area contributed by atoms with Gasteiger partial charge in [0.15, 0.2) is 11.5 Å². The molecule has 6 heteroatoms. The molecular formula is C28H18Br2O4. The molecule has 0 fully saturated rings. The van der Waals surface area contributed by atoms with Crippen molar-refractivity contribution in [3.8, 4) is 0 Å². The highest BCUT2D eigenvalue weighted by molar-refractivity contribution is 9.10. The summed E-state index contributed by atoms with van der Waals surface area (Å²) in [6, 6.07) is 22.2. The standard InChI is InChI=1S/C28H18Br2O4/c29-21-7-1-19(2-8-21)5-11-23-13-17-27(33-23)25(31)15-16-26(32)28-18-14-24(34-28)12-6-20-3-9-22(30)10-4-20/h1-18H/b11-5+,12-6+,16-15+. The van der Waals surface area contributed by atoms with Gasteiger partial charge in [0.25, 0.3) is 0 Å². The van der Waals surface area contributed by atoms with E-state index in [9.17, 15) is 9.59 Å². The molecule has 0 N–H and O–H groups in total. The Morgan fingerprint density at radius 2 is 0.912 bits per heavy atom. The summed E-state index contributed by atoms with van der Waals surface area (Å²) >= 11 is 6.80. The summed E-state index contributed by atoms with van der Waals surface area (Å²) in [5.74, 6) is 0.574. The molecule has 34 heavy (non-hydrogen) atoms. The van der Waals surface area contributed by atoms with Crippen molar-refractivity contribution in [3.63, 3.8) is 0 Å². The number of ketones is 2. The Bertz CT molecular complexity index is 1280. The van der Waals surface area contributed by atoms with Gasteiger partial charge in [-0.25, -0.2) is 0 Å². The first kappa shape index (κ1) is 23.7. The van der Waals surface area contributed by atoms with Gasteiger partial charge < -0.3 is 8.83 Å². The average Bonchev–Trinajstić information content (AvgIpc) is 3.52. The molecule has 0 bridgehead atoms. The van der Waals surface area contributed by atoms with Crippen LogP contribution in [0.15, 0.2) is 103 Å². The van der Waals surface area contributed by atoms with Crippen molar-refractivity contribution >= 4 is 67.7 Å². The highest BCUT2D eigenvalue weighted by Gasteiger charge is 2.11. The third-order valence-corrected chi connectivity index (χ3v) is 5.80. The second-order valence-electron chi connectivity index (χ2n) is 7.24. The van der Waals surface area contributed by atoms with E-state index in [1.807, 2.05) is 60.7 Å². The van der Waals surface area contributed by atoms with Gasteiger partial charge in [-0.3, -0.25) is 9.59 Å². The average molecular weight is 578 g/mol. The highest BCUT2D eigenvalue weighted by atomic mass is 79.9. The lowest BCUT2D eigenvalue weighted by Gasteiger charge is -1.93. The first-order chi connectivity index (χ1) is 16.5. The molecule has 0 amide bonds. The highest BCUT2D eigenvalue weighted by Crippen LogP contribution is 2.17. The summed E-state index contributed by atoms with van der Waals surface area (Å²) in [6.45, 7) is 0. The van der Waals surface area contributed by atoms with Gasteiger partial charge in [0.2, 0.25) is 11.6 Å². The van der Waals surface area contributed by atoms with Gasteiger partial charge in [-0.15, -0.1) is 0 Å². The summed E-state index contributed by atoms with van der Waals surface area (Å²) in [6.07, 6.45) is 9.70. The van der Waals surface area contributed by atoms with Crippen LogP contribution < -0.4 is 0 Å². The minimum absolute atomic E-state index is 0.150. The molecule has 2 aromatic carbocycles. The molecule has 0 radical (unpaired) electrons. The third-order valence-electron chi connectivity index (χ3n) is 4.75. The van der Waals surface area contributed by atoms with Crippen molar-refractivity contribution in [2.24, 2.45) is 0 Å². The monoisotopic (exact) mass is 576 g/mol. The summed E-state index contributed by atoms with van der Waals surface area (Å²) in [7, 11) is 0. The van der Waals surface area contributed by atoms with Crippen LogP contribution >= 0.6 is 31.9 Å². The number of hydrogen-bond acceptors (Lipinski definition) is 4. The normalized spacial score (nSPS) is 11.7. The van der Waals surface area contributed by atoms with Gasteiger partial charge in [-0.2, -0.15) is 0 Å². The van der Waals surface area contributed by atoms with Crippen LogP contribution in [0, 0.1) is 0 Å². The lowest BCUT2D eigenvalue weighted by Crippen LogP contribution is -1.96. The van der Waals surface area contributed by atoms with Gasteiger partial charge in [-0.1, -0.05) is 68.3 Å². The molecule has 0 saturated carbocycles. The fourth-order valence-electron chi connectivity index (χ4n) is 2.97. The molecule has 0 atom stereocenters. The van der Waals surface area contributed by atoms with Gasteiger partial charge in [0, 0.05) is 8.95 Å².